The average molecular weight is 298 g/mol. The van der Waals surface area contributed by atoms with E-state index in [0.717, 1.165) is 25.7 Å². The van der Waals surface area contributed by atoms with Gasteiger partial charge in [-0.3, -0.25) is 0 Å². The maximum absolute atomic E-state index is 2.39. The molecule has 0 nitrogen and oxygen atoms in total. The van der Waals surface area contributed by atoms with Crippen LogP contribution in [0, 0.1) is 0 Å². The monoisotopic (exact) mass is 298 g/mol. The van der Waals surface area contributed by atoms with Gasteiger partial charge in [0.25, 0.3) is 0 Å². The number of allylic oxidation sites excluding steroid dienone is 12. The first kappa shape index (κ1) is 14.3. The van der Waals surface area contributed by atoms with E-state index in [1.807, 2.05) is 0 Å². The van der Waals surface area contributed by atoms with Crippen molar-refractivity contribution in [2.24, 2.45) is 0 Å². The van der Waals surface area contributed by atoms with Gasteiger partial charge >= 0.3 is 0 Å². The molecule has 0 saturated heterocycles. The van der Waals surface area contributed by atoms with Crippen LogP contribution in [0.15, 0.2) is 94.7 Å². The third-order valence-corrected chi connectivity index (χ3v) is 4.98. The normalized spacial score (nSPS) is 20.4. The molecule has 3 aliphatic rings. The first-order valence-corrected chi connectivity index (χ1v) is 8.58. The Balaban J connectivity index is 1.79. The van der Waals surface area contributed by atoms with E-state index in [2.05, 4.69) is 73.7 Å². The van der Waals surface area contributed by atoms with Crippen molar-refractivity contribution in [3.63, 3.8) is 0 Å². The summed E-state index contributed by atoms with van der Waals surface area (Å²) < 4.78 is 0. The average Bonchev–Trinajstić information content (AvgIpc) is 3.24. The molecule has 0 N–H and O–H groups in total. The van der Waals surface area contributed by atoms with Crippen molar-refractivity contribution in [3.05, 3.63) is 100 Å². The predicted octanol–water partition coefficient (Wildman–Crippen LogP) is 6.32. The molecule has 0 atom stereocenters. The van der Waals surface area contributed by atoms with Crippen LogP contribution in [-0.2, 0) is 0 Å². The highest BCUT2D eigenvalue weighted by atomic mass is 14.3. The summed E-state index contributed by atoms with van der Waals surface area (Å²) >= 11 is 0. The lowest BCUT2D eigenvalue weighted by Gasteiger charge is -2.21. The van der Waals surface area contributed by atoms with Crippen LogP contribution < -0.4 is 0 Å². The molecular formula is C23H22. The van der Waals surface area contributed by atoms with E-state index in [1.165, 1.54) is 39.0 Å². The van der Waals surface area contributed by atoms with Crippen LogP contribution in [0.4, 0.5) is 0 Å². The fourth-order valence-corrected chi connectivity index (χ4v) is 3.84. The molecule has 3 aliphatic carbocycles. The summed E-state index contributed by atoms with van der Waals surface area (Å²) in [6.07, 6.45) is 18.6. The minimum atomic E-state index is 1.04. The first-order valence-electron chi connectivity index (χ1n) is 8.58. The Kier molecular flexibility index (Phi) is 3.75. The number of rotatable bonds is 3. The van der Waals surface area contributed by atoms with Gasteiger partial charge in [0.1, 0.15) is 0 Å². The van der Waals surface area contributed by atoms with Gasteiger partial charge in [-0.25, -0.2) is 0 Å². The van der Waals surface area contributed by atoms with Gasteiger partial charge in [0.2, 0.25) is 0 Å². The molecule has 0 unspecified atom stereocenters. The van der Waals surface area contributed by atoms with Crippen LogP contribution >= 0.6 is 0 Å². The topological polar surface area (TPSA) is 0 Å². The zero-order valence-electron chi connectivity index (χ0n) is 13.7. The van der Waals surface area contributed by atoms with Gasteiger partial charge in [-0.05, 0) is 71.6 Å². The lowest BCUT2D eigenvalue weighted by Crippen LogP contribution is -2.02. The first-order chi connectivity index (χ1) is 11.3. The molecule has 0 spiro atoms. The molecule has 23 heavy (non-hydrogen) atoms. The molecule has 114 valence electrons. The fourth-order valence-electron chi connectivity index (χ4n) is 3.84. The van der Waals surface area contributed by atoms with Gasteiger partial charge in [-0.15, -0.1) is 0 Å². The lowest BCUT2D eigenvalue weighted by atomic mass is 9.83. The predicted molar refractivity (Wildman–Crippen MR) is 99.0 cm³/mol. The van der Waals surface area contributed by atoms with E-state index in [1.54, 1.807) is 0 Å². The molecule has 0 aromatic heterocycles. The van der Waals surface area contributed by atoms with E-state index >= 15 is 0 Å². The van der Waals surface area contributed by atoms with Crippen LogP contribution in [0.1, 0.15) is 38.2 Å². The Hall–Kier alpha value is -2.34. The summed E-state index contributed by atoms with van der Waals surface area (Å²) in [5.41, 5.74) is 10.0. The number of hydrogen-bond donors (Lipinski definition) is 0. The van der Waals surface area contributed by atoms with Crippen molar-refractivity contribution >= 4 is 5.57 Å². The molecule has 0 bridgehead atoms. The quantitative estimate of drug-likeness (QED) is 0.612. The Bertz CT molecular complexity index is 805. The van der Waals surface area contributed by atoms with Crippen molar-refractivity contribution in [1.82, 2.24) is 0 Å². The minimum Gasteiger partial charge on any atom is -0.0836 e. The zero-order valence-corrected chi connectivity index (χ0v) is 13.7. The van der Waals surface area contributed by atoms with E-state index < -0.39 is 0 Å². The Morgan fingerprint density at radius 2 is 1.52 bits per heavy atom. The molecule has 0 radical (unpaired) electrons. The smallest absolute Gasteiger partial charge is 0.0142 e. The van der Waals surface area contributed by atoms with Gasteiger partial charge < -0.3 is 0 Å². The summed E-state index contributed by atoms with van der Waals surface area (Å²) in [4.78, 5) is 0. The van der Waals surface area contributed by atoms with Crippen molar-refractivity contribution in [3.8, 4) is 0 Å². The largest absolute Gasteiger partial charge is 0.0836 e. The summed E-state index contributed by atoms with van der Waals surface area (Å²) in [6, 6.07) is 10.8. The molecular weight excluding hydrogens is 276 g/mol. The highest BCUT2D eigenvalue weighted by Crippen LogP contribution is 2.41. The third kappa shape index (κ3) is 2.59. The van der Waals surface area contributed by atoms with E-state index in [-0.39, 0.29) is 0 Å². The fraction of sp³-hybridized carbons (Fsp3) is 0.217. The molecule has 0 aliphatic heterocycles. The Labute approximate surface area is 138 Å². The second-order valence-electron chi connectivity index (χ2n) is 6.41. The van der Waals surface area contributed by atoms with E-state index in [4.69, 9.17) is 0 Å². The van der Waals surface area contributed by atoms with Crippen molar-refractivity contribution in [2.75, 3.05) is 0 Å². The molecule has 0 amide bonds. The van der Waals surface area contributed by atoms with E-state index in [9.17, 15) is 0 Å². The van der Waals surface area contributed by atoms with Crippen LogP contribution in [0.3, 0.4) is 0 Å². The van der Waals surface area contributed by atoms with Gasteiger partial charge in [0.15, 0.2) is 0 Å². The number of benzene rings is 1. The molecule has 1 aromatic carbocycles. The number of hydrogen-bond acceptors (Lipinski definition) is 0. The maximum atomic E-state index is 2.39. The second-order valence-corrected chi connectivity index (χ2v) is 6.41. The van der Waals surface area contributed by atoms with Crippen molar-refractivity contribution in [2.45, 2.75) is 32.6 Å². The standard InChI is InChI=1S/C23H22/c1-17-9-7-14-19(17)21-12-5-6-13-23(21)22-16-8-15-20(22)18-10-3-2-4-11-18/h2-4,6,9-11,13-16H,5,7-8,12H2,1H3. The van der Waals surface area contributed by atoms with Gasteiger partial charge in [0.05, 0.1) is 0 Å². The van der Waals surface area contributed by atoms with Crippen LogP contribution in [-0.4, -0.2) is 0 Å². The molecule has 0 fully saturated rings. The summed E-state index contributed by atoms with van der Waals surface area (Å²) in [5, 5.41) is 0. The minimum absolute atomic E-state index is 1.04. The second kappa shape index (κ2) is 6.04. The lowest BCUT2D eigenvalue weighted by molar-refractivity contribution is 0.956. The molecule has 1 aromatic rings. The summed E-state index contributed by atoms with van der Waals surface area (Å²) in [5.74, 6) is 0. The van der Waals surface area contributed by atoms with Gasteiger partial charge in [-0.2, -0.15) is 0 Å². The SMILES string of the molecule is CC1=CCC=C1C1=C(C2=CCC=C2c2ccccc2)C=CCC1. The van der Waals surface area contributed by atoms with Gasteiger partial charge in [0, 0.05) is 0 Å². The maximum Gasteiger partial charge on any atom is -0.0142 e. The summed E-state index contributed by atoms with van der Waals surface area (Å²) in [7, 11) is 0. The van der Waals surface area contributed by atoms with Crippen LogP contribution in [0.25, 0.3) is 5.57 Å². The van der Waals surface area contributed by atoms with E-state index in [0.29, 0.717) is 0 Å². The summed E-state index contributed by atoms with van der Waals surface area (Å²) in [6.45, 7) is 2.25. The zero-order chi connectivity index (χ0) is 15.6. The molecule has 0 saturated carbocycles. The Morgan fingerprint density at radius 3 is 2.30 bits per heavy atom. The van der Waals surface area contributed by atoms with Crippen molar-refractivity contribution < 1.29 is 0 Å². The van der Waals surface area contributed by atoms with Crippen LogP contribution in [0.5, 0.6) is 0 Å². The van der Waals surface area contributed by atoms with Crippen LogP contribution in [0.2, 0.25) is 0 Å². The molecule has 0 heteroatoms. The van der Waals surface area contributed by atoms with Gasteiger partial charge in [-0.1, -0.05) is 66.8 Å². The third-order valence-electron chi connectivity index (χ3n) is 4.98. The van der Waals surface area contributed by atoms with Crippen molar-refractivity contribution in [1.29, 1.82) is 0 Å². The highest BCUT2D eigenvalue weighted by Gasteiger charge is 2.22. The molecule has 0 heterocycles. The Morgan fingerprint density at radius 1 is 0.783 bits per heavy atom. The highest BCUT2D eigenvalue weighted by molar-refractivity contribution is 5.88. The molecule has 4 rings (SSSR count).